The lowest BCUT2D eigenvalue weighted by Crippen LogP contribution is -1.94. The molecule has 262 valence electrons. The van der Waals surface area contributed by atoms with E-state index in [1.807, 2.05) is 12.1 Å². The molecule has 5 nitrogen and oxygen atoms in total. The molecule has 4 heterocycles. The number of furan rings is 1. The lowest BCUT2D eigenvalue weighted by Gasteiger charge is -2.10. The van der Waals surface area contributed by atoms with Crippen LogP contribution in [-0.4, -0.2) is 18.5 Å². The van der Waals surface area contributed by atoms with Crippen molar-refractivity contribution in [3.8, 4) is 45.0 Å². The summed E-state index contributed by atoms with van der Waals surface area (Å²) in [7, 11) is 0. The first-order valence-electron chi connectivity index (χ1n) is 19.0. The molecule has 12 rings (SSSR count). The Labute approximate surface area is 321 Å². The van der Waals surface area contributed by atoms with Gasteiger partial charge in [0.15, 0.2) is 0 Å². The standard InChI is InChI=1S/C51H32N4O/c1-4-15-33(16-5-1)50-49(40-23-14-26-47-48(40)39-22-11-13-25-46(39)56-47)52-51-54(37-19-8-3-9-20-37)44-30-28-35(32-45(44)55(50)51)34-27-29-43-41(31-34)38-21-10-12-24-42(38)53(43)36-17-6-2-7-18-36/h1-32H. The highest BCUT2D eigenvalue weighted by Crippen LogP contribution is 2.43. The highest BCUT2D eigenvalue weighted by molar-refractivity contribution is 6.14. The van der Waals surface area contributed by atoms with Crippen LogP contribution in [0.1, 0.15) is 0 Å². The second-order valence-corrected chi connectivity index (χ2v) is 14.4. The maximum atomic E-state index is 6.39. The van der Waals surface area contributed by atoms with Gasteiger partial charge in [-0.2, -0.15) is 0 Å². The number of fused-ring (bicyclic) bond motifs is 9. The van der Waals surface area contributed by atoms with Gasteiger partial charge < -0.3 is 8.98 Å². The Morgan fingerprint density at radius 1 is 0.393 bits per heavy atom. The molecule has 0 unspecified atom stereocenters. The first kappa shape index (κ1) is 30.8. The summed E-state index contributed by atoms with van der Waals surface area (Å²) in [4.78, 5) is 5.60. The van der Waals surface area contributed by atoms with Gasteiger partial charge in [-0.3, -0.25) is 8.97 Å². The number of aromatic nitrogens is 4. The first-order valence-corrected chi connectivity index (χ1v) is 19.0. The number of imidazole rings is 2. The summed E-state index contributed by atoms with van der Waals surface area (Å²) < 4.78 is 13.4. The van der Waals surface area contributed by atoms with E-state index in [2.05, 4.69) is 196 Å². The molecule has 0 amide bonds. The Balaban J connectivity index is 1.16. The smallest absolute Gasteiger partial charge is 0.220 e. The third-order valence-electron chi connectivity index (χ3n) is 11.3. The van der Waals surface area contributed by atoms with Crippen molar-refractivity contribution >= 4 is 60.6 Å². The number of nitrogens with zero attached hydrogens (tertiary/aromatic N) is 4. The van der Waals surface area contributed by atoms with Gasteiger partial charge in [-0.15, -0.1) is 0 Å². The largest absolute Gasteiger partial charge is 0.456 e. The molecule has 0 aliphatic carbocycles. The lowest BCUT2D eigenvalue weighted by atomic mass is 9.99. The summed E-state index contributed by atoms with van der Waals surface area (Å²) in [5.41, 5.74) is 14.9. The molecule has 0 spiro atoms. The SMILES string of the molecule is c1ccc(-c2c(-c3cccc4oc5ccccc5c34)nc3n(-c4ccccc4)c4ccc(-c5ccc6c(c5)c5ccccc5n6-c5ccccc5)cc4n23)cc1. The fraction of sp³-hybridized carbons (Fsp3) is 0. The molecule has 0 radical (unpaired) electrons. The van der Waals surface area contributed by atoms with E-state index < -0.39 is 0 Å². The molecule has 0 saturated carbocycles. The van der Waals surface area contributed by atoms with Crippen molar-refractivity contribution < 1.29 is 4.42 Å². The van der Waals surface area contributed by atoms with E-state index in [4.69, 9.17) is 9.40 Å². The fourth-order valence-corrected chi connectivity index (χ4v) is 8.83. The molecule has 4 aromatic heterocycles. The van der Waals surface area contributed by atoms with Crippen molar-refractivity contribution in [2.45, 2.75) is 0 Å². The van der Waals surface area contributed by atoms with Crippen LogP contribution in [0.5, 0.6) is 0 Å². The molecule has 0 fully saturated rings. The second kappa shape index (κ2) is 11.9. The Hall–Kier alpha value is -7.63. The van der Waals surface area contributed by atoms with Gasteiger partial charge in [0.1, 0.15) is 11.2 Å². The minimum atomic E-state index is 0.850. The van der Waals surface area contributed by atoms with Crippen LogP contribution < -0.4 is 0 Å². The van der Waals surface area contributed by atoms with Crippen LogP contribution in [-0.2, 0) is 0 Å². The van der Waals surface area contributed by atoms with Crippen molar-refractivity contribution in [1.82, 2.24) is 18.5 Å². The fourth-order valence-electron chi connectivity index (χ4n) is 8.83. The Bertz CT molecular complexity index is 3460. The highest BCUT2D eigenvalue weighted by Gasteiger charge is 2.26. The van der Waals surface area contributed by atoms with E-state index in [0.717, 1.165) is 83.8 Å². The van der Waals surface area contributed by atoms with Gasteiger partial charge in [-0.05, 0) is 77.9 Å². The highest BCUT2D eigenvalue weighted by atomic mass is 16.3. The third-order valence-corrected chi connectivity index (χ3v) is 11.3. The zero-order valence-corrected chi connectivity index (χ0v) is 30.2. The molecule has 0 aliphatic rings. The third kappa shape index (κ3) is 4.46. The number of para-hydroxylation sites is 4. The normalized spacial score (nSPS) is 11.9. The van der Waals surface area contributed by atoms with Gasteiger partial charge in [0.2, 0.25) is 5.78 Å². The zero-order chi connectivity index (χ0) is 36.7. The maximum absolute atomic E-state index is 6.39. The average molecular weight is 717 g/mol. The van der Waals surface area contributed by atoms with Crippen LogP contribution >= 0.6 is 0 Å². The summed E-state index contributed by atoms with van der Waals surface area (Å²) in [5.74, 6) is 0.850. The van der Waals surface area contributed by atoms with Crippen LogP contribution in [0.25, 0.3) is 106 Å². The molecule has 0 aliphatic heterocycles. The van der Waals surface area contributed by atoms with Crippen LogP contribution in [0.15, 0.2) is 199 Å². The van der Waals surface area contributed by atoms with Gasteiger partial charge in [-0.1, -0.05) is 127 Å². The van der Waals surface area contributed by atoms with Crippen LogP contribution in [0.4, 0.5) is 0 Å². The topological polar surface area (TPSA) is 40.3 Å². The van der Waals surface area contributed by atoms with E-state index in [-0.39, 0.29) is 0 Å². The molecular formula is C51H32N4O. The molecule has 5 heteroatoms. The lowest BCUT2D eigenvalue weighted by molar-refractivity contribution is 0.669. The number of benzene rings is 8. The molecule has 0 bridgehead atoms. The predicted molar refractivity (Wildman–Crippen MR) is 230 cm³/mol. The Kier molecular flexibility index (Phi) is 6.56. The second-order valence-electron chi connectivity index (χ2n) is 14.4. The molecular weight excluding hydrogens is 685 g/mol. The van der Waals surface area contributed by atoms with Crippen molar-refractivity contribution in [2.24, 2.45) is 0 Å². The molecule has 8 aromatic carbocycles. The van der Waals surface area contributed by atoms with Crippen LogP contribution in [0, 0.1) is 0 Å². The van der Waals surface area contributed by atoms with Crippen molar-refractivity contribution in [1.29, 1.82) is 0 Å². The summed E-state index contributed by atoms with van der Waals surface area (Å²) >= 11 is 0. The number of hydrogen-bond donors (Lipinski definition) is 0. The molecule has 12 aromatic rings. The van der Waals surface area contributed by atoms with E-state index in [0.29, 0.717) is 0 Å². The molecule has 0 atom stereocenters. The van der Waals surface area contributed by atoms with Gasteiger partial charge in [0.25, 0.3) is 0 Å². The molecule has 56 heavy (non-hydrogen) atoms. The van der Waals surface area contributed by atoms with Crippen molar-refractivity contribution in [3.05, 3.63) is 194 Å². The Morgan fingerprint density at radius 2 is 1.00 bits per heavy atom. The van der Waals surface area contributed by atoms with Crippen molar-refractivity contribution in [3.63, 3.8) is 0 Å². The van der Waals surface area contributed by atoms with E-state index in [1.165, 1.54) is 21.8 Å². The average Bonchev–Trinajstić information content (AvgIpc) is 4.01. The predicted octanol–water partition coefficient (Wildman–Crippen LogP) is 13.3. The minimum Gasteiger partial charge on any atom is -0.456 e. The van der Waals surface area contributed by atoms with Gasteiger partial charge in [0, 0.05) is 44.0 Å². The summed E-state index contributed by atoms with van der Waals surface area (Å²) in [5, 5.41) is 4.61. The minimum absolute atomic E-state index is 0.850. The number of rotatable bonds is 5. The van der Waals surface area contributed by atoms with E-state index in [1.54, 1.807) is 0 Å². The first-order chi connectivity index (χ1) is 27.8. The summed E-state index contributed by atoms with van der Waals surface area (Å²) in [6.07, 6.45) is 0. The van der Waals surface area contributed by atoms with Gasteiger partial charge in [-0.25, -0.2) is 4.98 Å². The van der Waals surface area contributed by atoms with Crippen molar-refractivity contribution in [2.75, 3.05) is 0 Å². The Morgan fingerprint density at radius 3 is 1.79 bits per heavy atom. The maximum Gasteiger partial charge on any atom is 0.220 e. The molecule has 0 saturated heterocycles. The van der Waals surface area contributed by atoms with Gasteiger partial charge in [0.05, 0.1) is 33.5 Å². The summed E-state index contributed by atoms with van der Waals surface area (Å²) in [6.45, 7) is 0. The van der Waals surface area contributed by atoms with Gasteiger partial charge >= 0.3 is 0 Å². The van der Waals surface area contributed by atoms with E-state index >= 15 is 0 Å². The quantitative estimate of drug-likeness (QED) is 0.178. The van der Waals surface area contributed by atoms with E-state index in [9.17, 15) is 0 Å². The zero-order valence-electron chi connectivity index (χ0n) is 30.2. The van der Waals surface area contributed by atoms with Crippen LogP contribution in [0.3, 0.4) is 0 Å². The summed E-state index contributed by atoms with van der Waals surface area (Å²) in [6, 6.07) is 68.9. The molecule has 0 N–H and O–H groups in total. The van der Waals surface area contributed by atoms with Crippen LogP contribution in [0.2, 0.25) is 0 Å². The number of hydrogen-bond acceptors (Lipinski definition) is 2. The monoisotopic (exact) mass is 716 g/mol.